The van der Waals surface area contributed by atoms with Crippen molar-refractivity contribution in [3.63, 3.8) is 0 Å². The molecule has 0 unspecified atom stereocenters. The third-order valence-electron chi connectivity index (χ3n) is 2.97. The monoisotopic (exact) mass is 282 g/mol. The Hall–Kier alpha value is -0.380. The van der Waals surface area contributed by atoms with E-state index in [-0.39, 0.29) is 5.54 Å². The van der Waals surface area contributed by atoms with Crippen LogP contribution in [0.5, 0.6) is 0 Å². The second kappa shape index (κ2) is 4.86. The molecule has 2 rings (SSSR count). The number of rotatable bonds is 2. The molecule has 0 spiro atoms. The first kappa shape index (κ1) is 12.1. The van der Waals surface area contributed by atoms with E-state index in [2.05, 4.69) is 64.3 Å². The molecule has 0 radical (unpaired) electrons. The zero-order valence-corrected chi connectivity index (χ0v) is 11.5. The zero-order valence-electron chi connectivity index (χ0n) is 9.96. The van der Waals surface area contributed by atoms with Crippen LogP contribution < -0.4 is 5.32 Å². The minimum atomic E-state index is 0.244. The Labute approximate surface area is 106 Å². The van der Waals surface area contributed by atoms with Crippen LogP contribution in [0, 0.1) is 0 Å². The smallest absolute Gasteiger partial charge is 0.0252 e. The molecule has 1 aliphatic heterocycles. The molecule has 16 heavy (non-hydrogen) atoms. The highest BCUT2D eigenvalue weighted by Crippen LogP contribution is 2.15. The van der Waals surface area contributed by atoms with Crippen LogP contribution in [0.15, 0.2) is 28.7 Å². The number of halogens is 1. The van der Waals surface area contributed by atoms with Crippen molar-refractivity contribution in [2.75, 3.05) is 19.6 Å². The lowest BCUT2D eigenvalue weighted by Gasteiger charge is -2.39. The Morgan fingerprint density at radius 3 is 2.62 bits per heavy atom. The van der Waals surface area contributed by atoms with Crippen LogP contribution in [0.1, 0.15) is 19.4 Å². The van der Waals surface area contributed by atoms with Crippen LogP contribution in [0.2, 0.25) is 0 Å². The van der Waals surface area contributed by atoms with Gasteiger partial charge in [-0.25, -0.2) is 0 Å². The molecule has 1 aromatic rings. The number of hydrogen-bond donors (Lipinski definition) is 1. The first-order valence-corrected chi connectivity index (χ1v) is 6.56. The summed E-state index contributed by atoms with van der Waals surface area (Å²) in [5.41, 5.74) is 1.63. The van der Waals surface area contributed by atoms with Gasteiger partial charge in [-0.15, -0.1) is 0 Å². The van der Waals surface area contributed by atoms with E-state index in [4.69, 9.17) is 0 Å². The van der Waals surface area contributed by atoms with Gasteiger partial charge in [0.25, 0.3) is 0 Å². The fourth-order valence-electron chi connectivity index (χ4n) is 2.23. The van der Waals surface area contributed by atoms with Crippen LogP contribution in [0.4, 0.5) is 0 Å². The number of piperazine rings is 1. The summed E-state index contributed by atoms with van der Waals surface area (Å²) in [6, 6.07) is 8.61. The summed E-state index contributed by atoms with van der Waals surface area (Å²) in [6.07, 6.45) is 0. The maximum atomic E-state index is 3.53. The number of nitrogens with one attached hydrogen (secondary N) is 1. The van der Waals surface area contributed by atoms with Crippen molar-refractivity contribution < 1.29 is 0 Å². The van der Waals surface area contributed by atoms with Crippen LogP contribution in [-0.2, 0) is 6.54 Å². The number of nitrogens with zero attached hydrogens (tertiary/aromatic N) is 1. The molecule has 0 atom stereocenters. The molecule has 1 aromatic carbocycles. The molecule has 1 heterocycles. The standard InChI is InChI=1S/C13H19BrN2/c1-13(2)10-16(8-7-15-13)9-11-3-5-12(14)6-4-11/h3-6,15H,7-10H2,1-2H3. The van der Waals surface area contributed by atoms with Gasteiger partial charge in [-0.05, 0) is 31.5 Å². The summed E-state index contributed by atoms with van der Waals surface area (Å²) in [5, 5.41) is 3.53. The molecule has 0 bridgehead atoms. The van der Waals surface area contributed by atoms with Gasteiger partial charge in [-0.3, -0.25) is 4.90 Å². The van der Waals surface area contributed by atoms with Gasteiger partial charge >= 0.3 is 0 Å². The Morgan fingerprint density at radius 1 is 1.31 bits per heavy atom. The molecule has 0 saturated carbocycles. The van der Waals surface area contributed by atoms with Crippen LogP contribution >= 0.6 is 15.9 Å². The third kappa shape index (κ3) is 3.30. The van der Waals surface area contributed by atoms with Gasteiger partial charge in [0.1, 0.15) is 0 Å². The van der Waals surface area contributed by atoms with Crippen LogP contribution in [0.25, 0.3) is 0 Å². The fraction of sp³-hybridized carbons (Fsp3) is 0.538. The van der Waals surface area contributed by atoms with Crippen LogP contribution in [0.3, 0.4) is 0 Å². The SMILES string of the molecule is CC1(C)CN(Cc2ccc(Br)cc2)CCN1. The predicted molar refractivity (Wildman–Crippen MR) is 71.5 cm³/mol. The molecular weight excluding hydrogens is 264 g/mol. The van der Waals surface area contributed by atoms with Gasteiger partial charge in [0, 0.05) is 36.2 Å². The molecule has 0 aromatic heterocycles. The highest BCUT2D eigenvalue weighted by molar-refractivity contribution is 9.10. The molecule has 1 aliphatic rings. The minimum absolute atomic E-state index is 0.244. The lowest BCUT2D eigenvalue weighted by Crippen LogP contribution is -2.56. The van der Waals surface area contributed by atoms with Gasteiger partial charge in [-0.1, -0.05) is 28.1 Å². The quantitative estimate of drug-likeness (QED) is 0.897. The molecule has 0 aliphatic carbocycles. The van der Waals surface area contributed by atoms with Crippen molar-refractivity contribution >= 4 is 15.9 Å². The van der Waals surface area contributed by atoms with E-state index < -0.39 is 0 Å². The molecule has 3 heteroatoms. The van der Waals surface area contributed by atoms with E-state index in [1.165, 1.54) is 5.56 Å². The average molecular weight is 283 g/mol. The van der Waals surface area contributed by atoms with Gasteiger partial charge in [0.05, 0.1) is 0 Å². The van der Waals surface area contributed by atoms with Gasteiger partial charge in [0.2, 0.25) is 0 Å². The van der Waals surface area contributed by atoms with E-state index in [0.29, 0.717) is 0 Å². The van der Waals surface area contributed by atoms with E-state index in [1.54, 1.807) is 0 Å². The number of hydrogen-bond acceptors (Lipinski definition) is 2. The van der Waals surface area contributed by atoms with Crippen molar-refractivity contribution in [2.24, 2.45) is 0 Å². The van der Waals surface area contributed by atoms with Gasteiger partial charge < -0.3 is 5.32 Å². The molecule has 1 saturated heterocycles. The number of benzene rings is 1. The first-order chi connectivity index (χ1) is 7.55. The molecule has 0 amide bonds. The van der Waals surface area contributed by atoms with Crippen molar-refractivity contribution in [2.45, 2.75) is 25.9 Å². The summed E-state index contributed by atoms with van der Waals surface area (Å²) in [5.74, 6) is 0. The van der Waals surface area contributed by atoms with Gasteiger partial charge in [-0.2, -0.15) is 0 Å². The Balaban J connectivity index is 1.97. The second-order valence-electron chi connectivity index (χ2n) is 5.15. The average Bonchev–Trinajstić information content (AvgIpc) is 2.20. The van der Waals surface area contributed by atoms with E-state index >= 15 is 0 Å². The largest absolute Gasteiger partial charge is 0.309 e. The van der Waals surface area contributed by atoms with E-state index in [1.807, 2.05) is 0 Å². The van der Waals surface area contributed by atoms with Gasteiger partial charge in [0.15, 0.2) is 0 Å². The first-order valence-electron chi connectivity index (χ1n) is 5.77. The van der Waals surface area contributed by atoms with Crippen LogP contribution in [-0.4, -0.2) is 30.1 Å². The summed E-state index contributed by atoms with van der Waals surface area (Å²) < 4.78 is 1.15. The summed E-state index contributed by atoms with van der Waals surface area (Å²) in [7, 11) is 0. The molecular formula is C13H19BrN2. The lowest BCUT2D eigenvalue weighted by molar-refractivity contribution is 0.148. The predicted octanol–water partition coefficient (Wildman–Crippen LogP) is 2.63. The highest BCUT2D eigenvalue weighted by Gasteiger charge is 2.25. The summed E-state index contributed by atoms with van der Waals surface area (Å²) >= 11 is 3.47. The Bertz CT molecular complexity index is 345. The topological polar surface area (TPSA) is 15.3 Å². The molecule has 2 nitrogen and oxygen atoms in total. The molecule has 88 valence electrons. The Kier molecular flexibility index (Phi) is 3.67. The summed E-state index contributed by atoms with van der Waals surface area (Å²) in [4.78, 5) is 2.51. The third-order valence-corrected chi connectivity index (χ3v) is 3.50. The fourth-order valence-corrected chi connectivity index (χ4v) is 2.49. The van der Waals surface area contributed by atoms with Crippen molar-refractivity contribution in [3.05, 3.63) is 34.3 Å². The molecule has 1 N–H and O–H groups in total. The minimum Gasteiger partial charge on any atom is -0.309 e. The van der Waals surface area contributed by atoms with Crippen molar-refractivity contribution in [1.29, 1.82) is 0 Å². The second-order valence-corrected chi connectivity index (χ2v) is 6.06. The van der Waals surface area contributed by atoms with E-state index in [0.717, 1.165) is 30.7 Å². The van der Waals surface area contributed by atoms with Crippen molar-refractivity contribution in [1.82, 2.24) is 10.2 Å². The zero-order chi connectivity index (χ0) is 11.6. The normalized spacial score (nSPS) is 20.9. The molecule has 1 fully saturated rings. The Morgan fingerprint density at radius 2 is 2.00 bits per heavy atom. The van der Waals surface area contributed by atoms with E-state index in [9.17, 15) is 0 Å². The highest BCUT2D eigenvalue weighted by atomic mass is 79.9. The maximum absolute atomic E-state index is 3.53. The summed E-state index contributed by atoms with van der Waals surface area (Å²) in [6.45, 7) is 8.92. The lowest BCUT2D eigenvalue weighted by atomic mass is 10.0. The maximum Gasteiger partial charge on any atom is 0.0252 e. The van der Waals surface area contributed by atoms with Crippen molar-refractivity contribution in [3.8, 4) is 0 Å².